The van der Waals surface area contributed by atoms with E-state index in [-0.39, 0.29) is 11.8 Å². The fraction of sp³-hybridized carbons (Fsp3) is 0.348. The average Bonchev–Trinajstić information content (AvgIpc) is 3.55. The third kappa shape index (κ3) is 4.41. The highest BCUT2D eigenvalue weighted by molar-refractivity contribution is 6.37. The maximum atomic E-state index is 13.2. The van der Waals surface area contributed by atoms with E-state index in [4.69, 9.17) is 16.3 Å². The minimum Gasteiger partial charge on any atom is -0.381 e. The standard InChI is InChI=1S/C23H23ClN2O3/c24-20-8-3-4-9-21(20)26-22(27)18-7-2-1-6-17(18)19(23(26)28)14-25-12-5-13-29-15-16-10-11-16/h1-4,6-9,14,16,19H,5,10-13,15H2/t19-/m1/s1. The van der Waals surface area contributed by atoms with Crippen molar-refractivity contribution in [2.24, 2.45) is 10.9 Å². The number of anilines is 1. The number of carbonyl (C=O) groups excluding carboxylic acids is 2. The summed E-state index contributed by atoms with van der Waals surface area (Å²) in [6, 6.07) is 14.0. The van der Waals surface area contributed by atoms with Gasteiger partial charge in [-0.1, -0.05) is 41.9 Å². The molecule has 1 saturated carbocycles. The molecule has 0 N–H and O–H groups in total. The second-order valence-corrected chi connectivity index (χ2v) is 7.83. The molecule has 2 amide bonds. The number of fused-ring (bicyclic) bond motifs is 1. The van der Waals surface area contributed by atoms with E-state index in [0.29, 0.717) is 35.0 Å². The van der Waals surface area contributed by atoms with E-state index in [9.17, 15) is 9.59 Å². The van der Waals surface area contributed by atoms with Gasteiger partial charge in [-0.05, 0) is 48.9 Å². The largest absolute Gasteiger partial charge is 0.381 e. The number of hydrogen-bond acceptors (Lipinski definition) is 4. The van der Waals surface area contributed by atoms with E-state index in [1.54, 1.807) is 42.6 Å². The lowest BCUT2D eigenvalue weighted by atomic mass is 9.89. The second kappa shape index (κ2) is 8.89. The first-order valence-electron chi connectivity index (χ1n) is 9.96. The Morgan fingerprint density at radius 2 is 1.86 bits per heavy atom. The van der Waals surface area contributed by atoms with Crippen molar-refractivity contribution in [3.05, 3.63) is 64.7 Å². The Hall–Kier alpha value is -2.50. The zero-order valence-electron chi connectivity index (χ0n) is 16.1. The molecule has 0 aromatic heterocycles. The molecule has 29 heavy (non-hydrogen) atoms. The minimum atomic E-state index is -0.618. The van der Waals surface area contributed by atoms with Crippen molar-refractivity contribution >= 4 is 35.3 Å². The maximum Gasteiger partial charge on any atom is 0.265 e. The first-order valence-corrected chi connectivity index (χ1v) is 10.3. The summed E-state index contributed by atoms with van der Waals surface area (Å²) >= 11 is 6.27. The van der Waals surface area contributed by atoms with E-state index < -0.39 is 5.92 Å². The van der Waals surface area contributed by atoms with Crippen molar-refractivity contribution in [1.82, 2.24) is 0 Å². The van der Waals surface area contributed by atoms with Crippen LogP contribution >= 0.6 is 11.6 Å². The molecule has 0 spiro atoms. The third-order valence-corrected chi connectivity index (χ3v) is 5.51. The van der Waals surface area contributed by atoms with Crippen LogP contribution in [-0.4, -0.2) is 37.8 Å². The smallest absolute Gasteiger partial charge is 0.265 e. The second-order valence-electron chi connectivity index (χ2n) is 7.42. The number of aliphatic imine (C=N–C) groups is 1. The monoisotopic (exact) mass is 410 g/mol. The summed E-state index contributed by atoms with van der Waals surface area (Å²) in [6.07, 6.45) is 5.02. The number of carbonyl (C=O) groups is 2. The summed E-state index contributed by atoms with van der Waals surface area (Å²) in [7, 11) is 0. The Kier molecular flexibility index (Phi) is 6.07. The van der Waals surface area contributed by atoms with Crippen molar-refractivity contribution in [3.8, 4) is 0 Å². The van der Waals surface area contributed by atoms with Crippen molar-refractivity contribution in [1.29, 1.82) is 0 Å². The van der Waals surface area contributed by atoms with Crippen LogP contribution in [0.15, 0.2) is 53.5 Å². The van der Waals surface area contributed by atoms with E-state index in [1.807, 2.05) is 12.1 Å². The van der Waals surface area contributed by atoms with E-state index in [1.165, 1.54) is 17.7 Å². The van der Waals surface area contributed by atoms with Crippen LogP contribution in [0.2, 0.25) is 5.02 Å². The van der Waals surface area contributed by atoms with Gasteiger partial charge in [0.25, 0.3) is 5.91 Å². The van der Waals surface area contributed by atoms with Crippen LogP contribution in [0.3, 0.4) is 0 Å². The highest BCUT2D eigenvalue weighted by Crippen LogP contribution is 2.35. The fourth-order valence-corrected chi connectivity index (χ4v) is 3.65. The van der Waals surface area contributed by atoms with Crippen LogP contribution in [0.4, 0.5) is 5.69 Å². The number of ether oxygens (including phenoxy) is 1. The van der Waals surface area contributed by atoms with E-state index in [0.717, 1.165) is 18.9 Å². The van der Waals surface area contributed by atoms with Crippen LogP contribution in [0.25, 0.3) is 0 Å². The first-order chi connectivity index (χ1) is 14.2. The molecule has 0 bridgehead atoms. The van der Waals surface area contributed by atoms with Gasteiger partial charge in [-0.3, -0.25) is 14.6 Å². The molecule has 1 aliphatic carbocycles. The zero-order chi connectivity index (χ0) is 20.2. The van der Waals surface area contributed by atoms with Crippen LogP contribution < -0.4 is 4.90 Å². The number of hydrogen-bond donors (Lipinski definition) is 0. The molecule has 4 rings (SSSR count). The maximum absolute atomic E-state index is 13.2. The molecule has 2 aliphatic rings. The summed E-state index contributed by atoms with van der Waals surface area (Å²) in [6.45, 7) is 2.09. The van der Waals surface area contributed by atoms with Gasteiger partial charge in [0.2, 0.25) is 5.91 Å². The molecule has 1 heterocycles. The molecule has 1 aliphatic heterocycles. The normalized spacial score (nSPS) is 19.1. The van der Waals surface area contributed by atoms with Crippen molar-refractivity contribution < 1.29 is 14.3 Å². The van der Waals surface area contributed by atoms with Gasteiger partial charge in [-0.2, -0.15) is 0 Å². The lowest BCUT2D eigenvalue weighted by Crippen LogP contribution is -2.45. The number of halogens is 1. The minimum absolute atomic E-state index is 0.337. The number of imide groups is 1. The van der Waals surface area contributed by atoms with Gasteiger partial charge in [0.1, 0.15) is 0 Å². The van der Waals surface area contributed by atoms with Gasteiger partial charge >= 0.3 is 0 Å². The van der Waals surface area contributed by atoms with Crippen LogP contribution in [0.5, 0.6) is 0 Å². The van der Waals surface area contributed by atoms with Gasteiger partial charge in [0.05, 0.1) is 16.6 Å². The van der Waals surface area contributed by atoms with Gasteiger partial charge in [0, 0.05) is 31.5 Å². The van der Waals surface area contributed by atoms with E-state index in [2.05, 4.69) is 4.99 Å². The van der Waals surface area contributed by atoms with Crippen molar-refractivity contribution in [3.63, 3.8) is 0 Å². The van der Waals surface area contributed by atoms with Crippen LogP contribution in [-0.2, 0) is 9.53 Å². The average molecular weight is 411 g/mol. The molecule has 150 valence electrons. The lowest BCUT2D eigenvalue weighted by Gasteiger charge is -2.31. The Labute approximate surface area is 175 Å². The number of nitrogens with zero attached hydrogens (tertiary/aromatic N) is 2. The predicted molar refractivity (Wildman–Crippen MR) is 114 cm³/mol. The molecule has 1 atom stereocenters. The molecular weight excluding hydrogens is 388 g/mol. The van der Waals surface area contributed by atoms with Crippen LogP contribution in [0, 0.1) is 5.92 Å². The lowest BCUT2D eigenvalue weighted by molar-refractivity contribution is -0.118. The number of para-hydroxylation sites is 1. The van der Waals surface area contributed by atoms with E-state index >= 15 is 0 Å². The van der Waals surface area contributed by atoms with Gasteiger partial charge in [-0.15, -0.1) is 0 Å². The molecular formula is C23H23ClN2O3. The van der Waals surface area contributed by atoms with Crippen molar-refractivity contribution in [2.45, 2.75) is 25.2 Å². The molecule has 1 fully saturated rings. The molecule has 2 aromatic carbocycles. The molecule has 6 heteroatoms. The Balaban J connectivity index is 1.51. The van der Waals surface area contributed by atoms with Gasteiger partial charge < -0.3 is 4.74 Å². The molecule has 2 aromatic rings. The Morgan fingerprint density at radius 3 is 2.66 bits per heavy atom. The molecule has 0 unspecified atom stereocenters. The highest BCUT2D eigenvalue weighted by atomic mass is 35.5. The zero-order valence-corrected chi connectivity index (χ0v) is 16.8. The fourth-order valence-electron chi connectivity index (χ4n) is 3.43. The summed E-state index contributed by atoms with van der Waals surface area (Å²) in [5.74, 6) is -0.567. The Morgan fingerprint density at radius 1 is 1.10 bits per heavy atom. The SMILES string of the molecule is O=C1c2ccccc2[C@@H](C=NCCCOCC2CC2)C(=O)N1c1ccccc1Cl. The topological polar surface area (TPSA) is 59.0 Å². The first kappa shape index (κ1) is 19.8. The highest BCUT2D eigenvalue weighted by Gasteiger charge is 2.39. The Bertz CT molecular complexity index is 939. The number of benzene rings is 2. The summed E-state index contributed by atoms with van der Waals surface area (Å²) in [5.41, 5.74) is 1.57. The summed E-state index contributed by atoms with van der Waals surface area (Å²) in [4.78, 5) is 31.9. The van der Waals surface area contributed by atoms with Crippen molar-refractivity contribution in [2.75, 3.05) is 24.7 Å². The molecule has 0 radical (unpaired) electrons. The quantitative estimate of drug-likeness (QED) is 0.366. The van der Waals surface area contributed by atoms with Gasteiger partial charge in [0.15, 0.2) is 0 Å². The van der Waals surface area contributed by atoms with Crippen LogP contribution in [0.1, 0.15) is 41.1 Å². The predicted octanol–water partition coefficient (Wildman–Crippen LogP) is 4.50. The van der Waals surface area contributed by atoms with Gasteiger partial charge in [-0.25, -0.2) is 4.90 Å². The number of rotatable bonds is 8. The third-order valence-electron chi connectivity index (χ3n) is 5.19. The summed E-state index contributed by atoms with van der Waals surface area (Å²) < 4.78 is 5.62. The number of amides is 2. The molecule has 5 nitrogen and oxygen atoms in total. The summed E-state index contributed by atoms with van der Waals surface area (Å²) in [5, 5.41) is 0.358. The molecule has 0 saturated heterocycles.